The molecule has 6 fully saturated rings. The van der Waals surface area contributed by atoms with Crippen LogP contribution in [0.3, 0.4) is 0 Å². The largest absolute Gasteiger partial charge is 0.459 e. The summed E-state index contributed by atoms with van der Waals surface area (Å²) in [5.74, 6) is -0.644. The number of aliphatic hydroxyl groups excluding tert-OH is 9. The van der Waals surface area contributed by atoms with Crippen molar-refractivity contribution in [3.05, 3.63) is 11.6 Å². The Bertz CT molecular complexity index is 1760. The predicted molar refractivity (Wildman–Crippen MR) is 239 cm³/mol. The number of carbonyl (C=O) groups is 2. The van der Waals surface area contributed by atoms with Crippen molar-refractivity contribution in [3.63, 3.8) is 0 Å². The summed E-state index contributed by atoms with van der Waals surface area (Å²) in [4.78, 5) is 24.1. The molecule has 7 rings (SSSR count). The molecule has 0 amide bonds. The molecule has 69 heavy (non-hydrogen) atoms. The van der Waals surface area contributed by atoms with E-state index >= 15 is 0 Å². The summed E-state index contributed by atoms with van der Waals surface area (Å²) in [5.41, 5.74) is -1.03. The van der Waals surface area contributed by atoms with Crippen LogP contribution >= 0.6 is 0 Å². The Morgan fingerprint density at radius 3 is 2.20 bits per heavy atom. The zero-order valence-corrected chi connectivity index (χ0v) is 40.9. The zero-order chi connectivity index (χ0) is 50.3. The van der Waals surface area contributed by atoms with Crippen molar-refractivity contribution in [1.29, 1.82) is 0 Å². The van der Waals surface area contributed by atoms with E-state index < -0.39 is 122 Å². The van der Waals surface area contributed by atoms with Crippen molar-refractivity contribution in [1.82, 2.24) is 0 Å². The van der Waals surface area contributed by atoms with E-state index in [0.717, 1.165) is 37.7 Å². The maximum atomic E-state index is 12.6. The molecule has 396 valence electrons. The molecular formula is C49H80O20. The highest BCUT2D eigenvalue weighted by Gasteiger charge is 2.71. The van der Waals surface area contributed by atoms with Crippen molar-refractivity contribution in [3.8, 4) is 0 Å². The topological polar surface area (TPSA) is 310 Å². The van der Waals surface area contributed by atoms with E-state index in [9.17, 15) is 60.7 Å². The molecule has 10 N–H and O–H groups in total. The molecule has 24 atom stereocenters. The number of esters is 2. The standard InChI is InChI=1S/C49H80O20/c1-23(51)43(63-16-12-34(55)44(24(2)52)68-39-20-35(66-26(4)53)45(25(3)65-39)69-46-42(60)41(59)40(58)36(21-50)67-46)33(54)11-15-62-29-9-13-47(5)28(18-29)7-8-31-32(47)19-37(56)48(6)30(10-14-49(31,48)61)27-17-38(57)64-22-27/h17,23-25,28-37,39-46,50-52,54-56,58-61H,7-16,18-22H2,1-6H3/t23-,24-,25-,28-,29+,30-,31-,32+,33+,34+,35+,36-,37-,39+,40-,41+,42-,43-,44-,45-,46+,47+,48+,49+/m1/s1. The molecule has 7 aliphatic rings. The van der Waals surface area contributed by atoms with Crippen molar-refractivity contribution in [2.24, 2.45) is 34.5 Å². The smallest absolute Gasteiger partial charge is 0.331 e. The number of hydrogen-bond acceptors (Lipinski definition) is 20. The second-order valence-electron chi connectivity index (χ2n) is 21.7. The van der Waals surface area contributed by atoms with Crippen LogP contribution in [0, 0.1) is 34.5 Å². The Morgan fingerprint density at radius 2 is 1.55 bits per heavy atom. The van der Waals surface area contributed by atoms with E-state index in [1.165, 1.54) is 20.8 Å². The number of fused-ring (bicyclic) bond motifs is 5. The van der Waals surface area contributed by atoms with Gasteiger partial charge in [-0.3, -0.25) is 4.79 Å². The summed E-state index contributed by atoms with van der Waals surface area (Å²) in [5, 5.41) is 109. The summed E-state index contributed by atoms with van der Waals surface area (Å²) in [6, 6.07) is 0. The number of ether oxygens (including phenoxy) is 8. The molecule has 0 radical (unpaired) electrons. The Hall–Kier alpha value is -1.96. The second-order valence-corrected chi connectivity index (χ2v) is 21.7. The van der Waals surface area contributed by atoms with Crippen LogP contribution < -0.4 is 0 Å². The fourth-order valence-corrected chi connectivity index (χ4v) is 13.7. The Morgan fingerprint density at radius 1 is 0.855 bits per heavy atom. The third-order valence-corrected chi connectivity index (χ3v) is 17.6. The maximum Gasteiger partial charge on any atom is 0.331 e. The van der Waals surface area contributed by atoms with Crippen molar-refractivity contribution >= 4 is 11.9 Å². The minimum absolute atomic E-state index is 0.0375. The summed E-state index contributed by atoms with van der Waals surface area (Å²) in [6.45, 7) is 9.62. The van der Waals surface area contributed by atoms with Gasteiger partial charge < -0.3 is 89.0 Å². The van der Waals surface area contributed by atoms with Gasteiger partial charge in [0, 0.05) is 38.0 Å². The van der Waals surface area contributed by atoms with E-state index in [2.05, 4.69) is 6.92 Å². The van der Waals surface area contributed by atoms with Gasteiger partial charge in [-0.15, -0.1) is 0 Å². The minimum atomic E-state index is -1.72. The van der Waals surface area contributed by atoms with Crippen LogP contribution in [-0.2, 0) is 47.5 Å². The van der Waals surface area contributed by atoms with Crippen molar-refractivity contribution in [2.75, 3.05) is 26.4 Å². The summed E-state index contributed by atoms with van der Waals surface area (Å²) >= 11 is 0. The molecule has 0 aromatic carbocycles. The summed E-state index contributed by atoms with van der Waals surface area (Å²) < 4.78 is 46.5. The highest BCUT2D eigenvalue weighted by atomic mass is 16.7. The van der Waals surface area contributed by atoms with Gasteiger partial charge in [0.15, 0.2) is 12.6 Å². The monoisotopic (exact) mass is 989 g/mol. The first-order valence-electron chi connectivity index (χ1n) is 25.2. The lowest BCUT2D eigenvalue weighted by Crippen LogP contribution is -2.67. The van der Waals surface area contributed by atoms with E-state index in [1.807, 2.05) is 6.92 Å². The predicted octanol–water partition coefficient (Wildman–Crippen LogP) is -0.115. The fourth-order valence-electron chi connectivity index (χ4n) is 13.7. The number of hydrogen-bond donors (Lipinski definition) is 10. The molecule has 3 heterocycles. The Balaban J connectivity index is 0.869. The molecule has 2 saturated heterocycles. The molecule has 0 bridgehead atoms. The number of aliphatic hydroxyl groups is 10. The lowest BCUT2D eigenvalue weighted by molar-refractivity contribution is -0.346. The molecule has 4 saturated carbocycles. The quantitative estimate of drug-likeness (QED) is 0.0755. The van der Waals surface area contributed by atoms with Crippen LogP contribution in [0.2, 0.25) is 0 Å². The third-order valence-electron chi connectivity index (χ3n) is 17.6. The van der Waals surface area contributed by atoms with Gasteiger partial charge in [0.25, 0.3) is 0 Å². The molecule has 4 aliphatic carbocycles. The van der Waals surface area contributed by atoms with Crippen LogP contribution in [0.1, 0.15) is 112 Å². The van der Waals surface area contributed by atoms with Crippen LogP contribution in [0.4, 0.5) is 0 Å². The molecule has 0 aromatic heterocycles. The van der Waals surface area contributed by atoms with Crippen LogP contribution in [0.25, 0.3) is 0 Å². The summed E-state index contributed by atoms with van der Waals surface area (Å²) in [6.07, 6.45) is -12.1. The highest BCUT2D eigenvalue weighted by Crippen LogP contribution is 2.70. The van der Waals surface area contributed by atoms with Gasteiger partial charge in [0.2, 0.25) is 0 Å². The van der Waals surface area contributed by atoms with E-state index in [1.54, 1.807) is 13.0 Å². The maximum absolute atomic E-state index is 12.6. The molecule has 0 unspecified atom stereocenters. The second kappa shape index (κ2) is 22.3. The van der Waals surface area contributed by atoms with Gasteiger partial charge in [-0.2, -0.15) is 0 Å². The van der Waals surface area contributed by atoms with Gasteiger partial charge in [0.1, 0.15) is 55.4 Å². The number of carbonyl (C=O) groups excluding carboxylic acids is 2. The molecule has 0 spiro atoms. The van der Waals surface area contributed by atoms with Gasteiger partial charge in [-0.05, 0) is 120 Å². The van der Waals surface area contributed by atoms with E-state index in [0.29, 0.717) is 25.2 Å². The van der Waals surface area contributed by atoms with Crippen molar-refractivity contribution in [2.45, 2.75) is 222 Å². The first-order chi connectivity index (χ1) is 32.5. The van der Waals surface area contributed by atoms with Gasteiger partial charge in [-0.25, -0.2) is 4.79 Å². The Kier molecular flexibility index (Phi) is 17.7. The van der Waals surface area contributed by atoms with Crippen molar-refractivity contribution < 1.29 is 98.5 Å². The molecule has 20 nitrogen and oxygen atoms in total. The summed E-state index contributed by atoms with van der Waals surface area (Å²) in [7, 11) is 0. The zero-order valence-electron chi connectivity index (χ0n) is 40.9. The highest BCUT2D eigenvalue weighted by molar-refractivity contribution is 5.85. The first-order valence-corrected chi connectivity index (χ1v) is 25.2. The van der Waals surface area contributed by atoms with Crippen LogP contribution in [0.5, 0.6) is 0 Å². The number of cyclic esters (lactones) is 1. The molecule has 3 aliphatic heterocycles. The molecule has 0 aromatic rings. The molecular weight excluding hydrogens is 909 g/mol. The average Bonchev–Trinajstić information content (AvgIpc) is 3.84. The van der Waals surface area contributed by atoms with Crippen LogP contribution in [0.15, 0.2) is 11.6 Å². The lowest BCUT2D eigenvalue weighted by Gasteiger charge is -2.65. The van der Waals surface area contributed by atoms with E-state index in [4.69, 9.17) is 37.9 Å². The minimum Gasteiger partial charge on any atom is -0.459 e. The third kappa shape index (κ3) is 11.0. The van der Waals surface area contributed by atoms with Crippen LogP contribution in [-0.4, -0.2) is 199 Å². The van der Waals surface area contributed by atoms with Gasteiger partial charge in [0.05, 0.1) is 54.9 Å². The van der Waals surface area contributed by atoms with Gasteiger partial charge in [-0.1, -0.05) is 13.8 Å². The van der Waals surface area contributed by atoms with E-state index in [-0.39, 0.29) is 74.3 Å². The number of rotatable bonds is 19. The Labute approximate surface area is 404 Å². The average molecular weight is 989 g/mol. The fraction of sp³-hybridized carbons (Fsp3) is 0.918. The SMILES string of the molecule is CC(=O)O[C@H]1C[C@H](O[C@H]([C@@H](C)O)[C@@H](O)CCO[C@H]([C@@H](C)O)[C@@H](O)CCO[C@H]2CC[C@@]3(C)[C@H](CC[C@@H]4[C@@H]3C[C@@H](O)[C@]3(C)[C@@H](C5=CC(=O)OC5)CC[C@]43O)C2)O[C@H](C)[C@H]1O[C@@H]1O[C@H](CO)[C@@H](O)[C@H](O)[C@H]1O. The molecule has 20 heteroatoms. The van der Waals surface area contributed by atoms with Gasteiger partial charge >= 0.3 is 11.9 Å². The normalized spacial score (nSPS) is 44.9. The first kappa shape index (κ1) is 54.8. The lowest BCUT2D eigenvalue weighted by atomic mass is 9.42.